The van der Waals surface area contributed by atoms with Crippen LogP contribution in [0.25, 0.3) is 0 Å². The van der Waals surface area contributed by atoms with Gasteiger partial charge in [0.15, 0.2) is 0 Å². The van der Waals surface area contributed by atoms with Gasteiger partial charge >= 0.3 is 0 Å². The Hall–Kier alpha value is -2.53. The van der Waals surface area contributed by atoms with Crippen LogP contribution in [0.5, 0.6) is 0 Å². The average Bonchev–Trinajstić information content (AvgIpc) is 3.19. The van der Waals surface area contributed by atoms with Crippen molar-refractivity contribution in [1.82, 2.24) is 18.8 Å². The third-order valence-corrected chi connectivity index (χ3v) is 9.18. The van der Waals surface area contributed by atoms with Gasteiger partial charge in [-0.25, -0.2) is 21.8 Å². The number of sulfonamides is 1. The molecule has 1 aromatic heterocycles. The number of aryl methyl sites for hydroxylation is 1. The smallest absolute Gasteiger partial charge is 0.243 e. The molecule has 3 aromatic rings. The summed E-state index contributed by atoms with van der Waals surface area (Å²) in [5.41, 5.74) is 2.19. The topological polar surface area (TPSA) is 92.6 Å². The lowest BCUT2D eigenvalue weighted by atomic mass is 10.2. The van der Waals surface area contributed by atoms with Crippen molar-refractivity contribution < 1.29 is 16.8 Å². The summed E-state index contributed by atoms with van der Waals surface area (Å²) in [5.74, 6) is -0.0402. The summed E-state index contributed by atoms with van der Waals surface area (Å²) in [5, 5.41) is -0.0321. The molecular formula is C26H36N4O4S2. The van der Waals surface area contributed by atoms with Crippen molar-refractivity contribution in [3.05, 3.63) is 77.6 Å². The number of sulfone groups is 1. The number of rotatable bonds is 12. The van der Waals surface area contributed by atoms with Crippen LogP contribution in [0.2, 0.25) is 0 Å². The highest BCUT2D eigenvalue weighted by molar-refractivity contribution is 7.90. The lowest BCUT2D eigenvalue weighted by Crippen LogP contribution is -2.37. The zero-order valence-corrected chi connectivity index (χ0v) is 23.3. The molecule has 1 heterocycles. The van der Waals surface area contributed by atoms with Crippen molar-refractivity contribution in [3.8, 4) is 0 Å². The van der Waals surface area contributed by atoms with Crippen molar-refractivity contribution in [3.63, 3.8) is 0 Å². The molecule has 0 radical (unpaired) electrons. The van der Waals surface area contributed by atoms with Gasteiger partial charge in [0.1, 0.15) is 0 Å². The van der Waals surface area contributed by atoms with E-state index in [1.807, 2.05) is 45.8 Å². The fourth-order valence-electron chi connectivity index (χ4n) is 3.82. The monoisotopic (exact) mass is 532 g/mol. The van der Waals surface area contributed by atoms with Crippen molar-refractivity contribution in [2.24, 2.45) is 5.92 Å². The van der Waals surface area contributed by atoms with Gasteiger partial charge in [0.05, 0.1) is 29.1 Å². The first-order chi connectivity index (χ1) is 16.9. The Morgan fingerprint density at radius 1 is 0.917 bits per heavy atom. The van der Waals surface area contributed by atoms with Crippen LogP contribution in [0, 0.1) is 12.8 Å². The van der Waals surface area contributed by atoms with Gasteiger partial charge in [-0.05, 0) is 44.6 Å². The maximum atomic E-state index is 13.6. The first kappa shape index (κ1) is 28.0. The predicted octanol–water partition coefficient (Wildman–Crippen LogP) is 3.57. The first-order valence-electron chi connectivity index (χ1n) is 11.9. The molecule has 0 unspecified atom stereocenters. The molecule has 0 saturated carbocycles. The van der Waals surface area contributed by atoms with E-state index in [1.165, 1.54) is 10.5 Å². The van der Waals surface area contributed by atoms with Crippen LogP contribution in [0.3, 0.4) is 0 Å². The highest BCUT2D eigenvalue weighted by Crippen LogP contribution is 2.23. The largest absolute Gasteiger partial charge is 0.317 e. The number of nitrogens with zero attached hydrogens (tertiary/aromatic N) is 4. The van der Waals surface area contributed by atoms with Crippen molar-refractivity contribution >= 4 is 19.9 Å². The molecule has 8 nitrogen and oxygen atoms in total. The lowest BCUT2D eigenvalue weighted by Gasteiger charge is -2.25. The van der Waals surface area contributed by atoms with Gasteiger partial charge in [-0.2, -0.15) is 4.31 Å². The molecule has 0 saturated heterocycles. The molecule has 0 aliphatic rings. The Kier molecular flexibility index (Phi) is 9.10. The maximum Gasteiger partial charge on any atom is 0.243 e. The Morgan fingerprint density at radius 3 is 2.14 bits per heavy atom. The van der Waals surface area contributed by atoms with E-state index in [0.717, 1.165) is 5.56 Å². The van der Waals surface area contributed by atoms with Crippen LogP contribution < -0.4 is 0 Å². The van der Waals surface area contributed by atoms with Crippen LogP contribution in [0.15, 0.2) is 70.8 Å². The second-order valence-corrected chi connectivity index (χ2v) is 13.6. The molecule has 0 spiro atoms. The molecule has 0 atom stereocenters. The SMILES string of the molecule is Cc1ccc(S(=O)(=O)N(CCN(C)C)Cc2cnc(S(=O)(=O)Cc3ccccc3)n2CC(C)C)cc1. The Labute approximate surface area is 215 Å². The summed E-state index contributed by atoms with van der Waals surface area (Å²) in [7, 11) is -3.80. The summed E-state index contributed by atoms with van der Waals surface area (Å²) in [6, 6.07) is 15.7. The predicted molar refractivity (Wildman–Crippen MR) is 142 cm³/mol. The molecule has 0 bridgehead atoms. The van der Waals surface area contributed by atoms with E-state index < -0.39 is 19.9 Å². The van der Waals surface area contributed by atoms with Crippen molar-refractivity contribution in [1.29, 1.82) is 0 Å². The van der Waals surface area contributed by atoms with E-state index in [0.29, 0.717) is 24.3 Å². The van der Waals surface area contributed by atoms with Gasteiger partial charge in [-0.15, -0.1) is 0 Å². The summed E-state index contributed by atoms with van der Waals surface area (Å²) >= 11 is 0. The van der Waals surface area contributed by atoms with Gasteiger partial charge in [0, 0.05) is 19.6 Å². The van der Waals surface area contributed by atoms with E-state index in [1.54, 1.807) is 53.1 Å². The minimum Gasteiger partial charge on any atom is -0.317 e. The number of benzene rings is 2. The van der Waals surface area contributed by atoms with E-state index in [2.05, 4.69) is 4.98 Å². The van der Waals surface area contributed by atoms with E-state index in [-0.39, 0.29) is 34.8 Å². The highest BCUT2D eigenvalue weighted by atomic mass is 32.2. The van der Waals surface area contributed by atoms with E-state index in [4.69, 9.17) is 0 Å². The highest BCUT2D eigenvalue weighted by Gasteiger charge is 2.29. The standard InChI is InChI=1S/C26H36N4O4S2/c1-21(2)18-30-24(17-27-26(30)35(31,32)20-23-9-7-6-8-10-23)19-29(16-15-28(4)5)36(33,34)25-13-11-22(3)12-14-25/h6-14,17,21H,15-16,18-20H2,1-5H3. The fourth-order valence-corrected chi connectivity index (χ4v) is 6.72. The first-order valence-corrected chi connectivity index (χ1v) is 15.0. The quantitative estimate of drug-likeness (QED) is 0.354. The lowest BCUT2D eigenvalue weighted by molar-refractivity contribution is 0.322. The van der Waals surface area contributed by atoms with Gasteiger partial charge < -0.3 is 9.47 Å². The molecule has 3 rings (SSSR count). The summed E-state index contributed by atoms with van der Waals surface area (Å²) in [6.07, 6.45) is 1.49. The zero-order valence-electron chi connectivity index (χ0n) is 21.6. The third kappa shape index (κ3) is 7.03. The Morgan fingerprint density at radius 2 is 1.56 bits per heavy atom. The minimum atomic E-state index is -3.82. The van der Waals surface area contributed by atoms with Crippen LogP contribution in [0.1, 0.15) is 30.7 Å². The van der Waals surface area contributed by atoms with Gasteiger partial charge in [-0.3, -0.25) is 0 Å². The van der Waals surface area contributed by atoms with Crippen LogP contribution in [0.4, 0.5) is 0 Å². The number of likely N-dealkylation sites (N-methyl/N-ethyl adjacent to an activating group) is 1. The van der Waals surface area contributed by atoms with Crippen LogP contribution >= 0.6 is 0 Å². The van der Waals surface area contributed by atoms with Crippen LogP contribution in [-0.4, -0.2) is 62.8 Å². The molecule has 0 aliphatic heterocycles. The average molecular weight is 533 g/mol. The number of hydrogen-bond acceptors (Lipinski definition) is 6. The van der Waals surface area contributed by atoms with Crippen molar-refractivity contribution in [2.45, 2.75) is 49.7 Å². The second-order valence-electron chi connectivity index (χ2n) is 9.74. The zero-order chi connectivity index (χ0) is 26.5. The van der Waals surface area contributed by atoms with Gasteiger partial charge in [-0.1, -0.05) is 61.9 Å². The van der Waals surface area contributed by atoms with Crippen LogP contribution in [-0.2, 0) is 38.7 Å². The minimum absolute atomic E-state index is 0.0185. The molecule has 0 aliphatic carbocycles. The summed E-state index contributed by atoms with van der Waals surface area (Å²) in [6.45, 7) is 7.08. The van der Waals surface area contributed by atoms with Gasteiger partial charge in [0.2, 0.25) is 25.0 Å². The van der Waals surface area contributed by atoms with Crippen molar-refractivity contribution in [2.75, 3.05) is 27.2 Å². The second kappa shape index (κ2) is 11.7. The van der Waals surface area contributed by atoms with E-state index >= 15 is 0 Å². The normalized spacial score (nSPS) is 12.7. The molecule has 36 heavy (non-hydrogen) atoms. The fraction of sp³-hybridized carbons (Fsp3) is 0.423. The molecule has 0 N–H and O–H groups in total. The molecule has 10 heteroatoms. The Bertz CT molecular complexity index is 1350. The molecule has 0 fully saturated rings. The number of imidazole rings is 1. The third-order valence-electron chi connectivity index (χ3n) is 5.72. The summed E-state index contributed by atoms with van der Waals surface area (Å²) < 4.78 is 57.0. The molecule has 0 amide bonds. The Balaban J connectivity index is 2.01. The number of aromatic nitrogens is 2. The maximum absolute atomic E-state index is 13.6. The molecule has 2 aromatic carbocycles. The molecule has 196 valence electrons. The van der Waals surface area contributed by atoms with E-state index in [9.17, 15) is 16.8 Å². The van der Waals surface area contributed by atoms with Gasteiger partial charge in [0.25, 0.3) is 0 Å². The summed E-state index contributed by atoms with van der Waals surface area (Å²) in [4.78, 5) is 6.42. The number of hydrogen-bond donors (Lipinski definition) is 0. The molecular weight excluding hydrogens is 496 g/mol.